The van der Waals surface area contributed by atoms with Crippen molar-refractivity contribution >= 4 is 68.8 Å². The molecule has 1 aliphatic heterocycles. The number of carbonyl (C=O) groups is 4. The van der Waals surface area contributed by atoms with Gasteiger partial charge in [-0.1, -0.05) is 111 Å². The lowest BCUT2D eigenvalue weighted by molar-refractivity contribution is -0.138. The third-order valence-electron chi connectivity index (χ3n) is 10.6. The summed E-state index contributed by atoms with van der Waals surface area (Å²) in [5.74, 6) is -0.703. The van der Waals surface area contributed by atoms with Gasteiger partial charge in [0, 0.05) is 12.2 Å². The van der Waals surface area contributed by atoms with Gasteiger partial charge in [0.25, 0.3) is 0 Å². The van der Waals surface area contributed by atoms with Crippen LogP contribution in [-0.2, 0) is 19.1 Å². The molecule has 55 heavy (non-hydrogen) atoms. The van der Waals surface area contributed by atoms with E-state index in [4.69, 9.17) is 18.9 Å². The van der Waals surface area contributed by atoms with Gasteiger partial charge in [-0.05, 0) is 82.9 Å². The Hall–Kier alpha value is -5.11. The third-order valence-corrected chi connectivity index (χ3v) is 21.1. The fraction of sp³-hybridized carbons (Fsp3) is 0.273. The average Bonchev–Trinajstić information content (AvgIpc) is 3.40. The van der Waals surface area contributed by atoms with Gasteiger partial charge >= 0.3 is 23.9 Å². The maximum Gasteiger partial charge on any atom is 0.343 e. The van der Waals surface area contributed by atoms with E-state index in [2.05, 4.69) is 52.4 Å². The Morgan fingerprint density at radius 2 is 0.945 bits per heavy atom. The summed E-state index contributed by atoms with van der Waals surface area (Å²) in [6, 6.07) is 28.8. The molecule has 8 nitrogen and oxygen atoms in total. The summed E-state index contributed by atoms with van der Waals surface area (Å²) in [5.41, 5.74) is 3.09. The molecule has 0 amide bonds. The molecule has 286 valence electrons. The van der Waals surface area contributed by atoms with Crippen LogP contribution in [0.2, 0.25) is 51.4 Å². The van der Waals surface area contributed by atoms with Crippen molar-refractivity contribution < 1.29 is 38.1 Å². The molecular formula is C44H50O8Si3. The van der Waals surface area contributed by atoms with Crippen molar-refractivity contribution in [2.45, 2.75) is 64.2 Å². The first-order chi connectivity index (χ1) is 26.1. The van der Waals surface area contributed by atoms with Crippen LogP contribution in [0.3, 0.4) is 0 Å². The Balaban J connectivity index is 1.21. The first-order valence-electron chi connectivity index (χ1n) is 18.6. The predicted molar refractivity (Wildman–Crippen MR) is 227 cm³/mol. The van der Waals surface area contributed by atoms with Gasteiger partial charge < -0.3 is 18.9 Å². The molecule has 0 bridgehead atoms. The van der Waals surface area contributed by atoms with Gasteiger partial charge in [-0.3, -0.25) is 0 Å². The highest BCUT2D eigenvalue weighted by atomic mass is 28.3. The number of esters is 4. The summed E-state index contributed by atoms with van der Waals surface area (Å²) < 4.78 is 21.9. The van der Waals surface area contributed by atoms with E-state index in [0.717, 1.165) is 46.4 Å². The molecule has 0 N–H and O–H groups in total. The van der Waals surface area contributed by atoms with E-state index in [1.165, 1.54) is 22.5 Å². The van der Waals surface area contributed by atoms with Gasteiger partial charge in [0.15, 0.2) is 0 Å². The molecule has 5 rings (SSSR count). The molecule has 0 saturated heterocycles. The SMILES string of the molecule is C=CC(=O)OCCC[Si](C)(C)c1ccc(OC(=O)c2ccc3c(c2)[Si](C)(C)c2cc(C(=O)Oc4ccc([Si](C)(C)CCCOC(=O)C=C)cc4)ccc2-3)cc1. The normalized spacial score (nSPS) is 12.8. The Morgan fingerprint density at radius 1 is 0.582 bits per heavy atom. The Morgan fingerprint density at radius 3 is 1.29 bits per heavy atom. The summed E-state index contributed by atoms with van der Waals surface area (Å²) in [4.78, 5) is 49.5. The minimum absolute atomic E-state index is 0.369. The molecule has 0 atom stereocenters. The molecule has 0 aliphatic carbocycles. The van der Waals surface area contributed by atoms with Crippen LogP contribution >= 0.6 is 0 Å². The zero-order valence-corrected chi connectivity index (χ0v) is 35.7. The smallest absolute Gasteiger partial charge is 0.343 e. The van der Waals surface area contributed by atoms with Crippen molar-refractivity contribution in [2.24, 2.45) is 0 Å². The Labute approximate surface area is 327 Å². The van der Waals surface area contributed by atoms with E-state index in [1.807, 2.05) is 72.8 Å². The van der Waals surface area contributed by atoms with E-state index in [0.29, 0.717) is 35.8 Å². The molecule has 0 spiro atoms. The first kappa shape index (κ1) is 41.1. The van der Waals surface area contributed by atoms with E-state index >= 15 is 0 Å². The van der Waals surface area contributed by atoms with E-state index in [1.54, 1.807) is 12.1 Å². The standard InChI is InChI=1S/C44H50O8Si3/c1-9-41(45)49-25-11-27-53(3,4)35-19-15-33(16-20-35)51-43(47)31-13-23-37-38-24-14-32(30-40(38)55(7,8)39(37)29-31)44(48)52-34-17-21-36(22-18-34)54(5,6)28-12-26-50-42(46)10-2/h9-10,13-24,29-30H,1-2,11-12,25-28H2,3-8H3. The van der Waals surface area contributed by atoms with Crippen LogP contribution in [0.15, 0.2) is 110 Å². The van der Waals surface area contributed by atoms with Gasteiger partial charge in [-0.25, -0.2) is 19.2 Å². The number of carbonyl (C=O) groups excluding carboxylic acids is 4. The fourth-order valence-corrected chi connectivity index (χ4v) is 14.9. The van der Waals surface area contributed by atoms with Crippen LogP contribution in [0, 0.1) is 0 Å². The van der Waals surface area contributed by atoms with Gasteiger partial charge in [0.05, 0.1) is 40.5 Å². The molecule has 0 fully saturated rings. The highest BCUT2D eigenvalue weighted by Crippen LogP contribution is 2.30. The molecule has 1 aliphatic rings. The van der Waals surface area contributed by atoms with Crippen molar-refractivity contribution in [3.8, 4) is 22.6 Å². The van der Waals surface area contributed by atoms with E-state index in [-0.39, 0.29) is 0 Å². The number of hydrogen-bond donors (Lipinski definition) is 0. The molecule has 1 heterocycles. The highest BCUT2D eigenvalue weighted by molar-refractivity contribution is 7.03. The topological polar surface area (TPSA) is 105 Å². The van der Waals surface area contributed by atoms with Crippen molar-refractivity contribution in [3.63, 3.8) is 0 Å². The Bertz CT molecular complexity index is 1950. The van der Waals surface area contributed by atoms with Crippen molar-refractivity contribution in [1.82, 2.24) is 0 Å². The van der Waals surface area contributed by atoms with Crippen molar-refractivity contribution in [2.75, 3.05) is 13.2 Å². The average molecular weight is 791 g/mol. The molecular weight excluding hydrogens is 741 g/mol. The van der Waals surface area contributed by atoms with Crippen LogP contribution in [-0.4, -0.2) is 61.3 Å². The van der Waals surface area contributed by atoms with E-state index < -0.39 is 48.1 Å². The third kappa shape index (κ3) is 9.77. The quantitative estimate of drug-likeness (QED) is 0.0393. The van der Waals surface area contributed by atoms with Gasteiger partial charge in [0.1, 0.15) is 19.6 Å². The largest absolute Gasteiger partial charge is 0.463 e. The second-order valence-corrected chi connectivity index (χ2v) is 29.7. The van der Waals surface area contributed by atoms with Crippen LogP contribution in [0.5, 0.6) is 11.5 Å². The first-order valence-corrected chi connectivity index (χ1v) is 28.0. The lowest BCUT2D eigenvalue weighted by Crippen LogP contribution is -2.49. The summed E-state index contributed by atoms with van der Waals surface area (Å²) in [7, 11) is -5.87. The molecule has 4 aromatic carbocycles. The zero-order chi connectivity index (χ0) is 40.0. The summed E-state index contributed by atoms with van der Waals surface area (Å²) in [6.45, 7) is 21.1. The maximum absolute atomic E-state index is 13.4. The summed E-state index contributed by atoms with van der Waals surface area (Å²) in [5, 5.41) is 4.69. The van der Waals surface area contributed by atoms with Gasteiger partial charge in [0.2, 0.25) is 0 Å². The molecule has 0 radical (unpaired) electrons. The zero-order valence-electron chi connectivity index (χ0n) is 32.7. The predicted octanol–water partition coefficient (Wildman–Crippen LogP) is 7.00. The van der Waals surface area contributed by atoms with Crippen molar-refractivity contribution in [1.29, 1.82) is 0 Å². The number of fused-ring (bicyclic) bond motifs is 3. The molecule has 4 aromatic rings. The summed E-state index contributed by atoms with van der Waals surface area (Å²) in [6.07, 6.45) is 3.90. The maximum atomic E-state index is 13.4. The lowest BCUT2D eigenvalue weighted by atomic mass is 10.0. The second-order valence-electron chi connectivity index (χ2n) is 15.7. The minimum atomic E-state index is -2.29. The van der Waals surface area contributed by atoms with Gasteiger partial charge in [-0.15, -0.1) is 0 Å². The molecule has 0 aromatic heterocycles. The fourth-order valence-electron chi connectivity index (χ4n) is 7.05. The Kier molecular flexibility index (Phi) is 12.8. The monoisotopic (exact) mass is 790 g/mol. The lowest BCUT2D eigenvalue weighted by Gasteiger charge is -2.23. The molecule has 11 heteroatoms. The summed E-state index contributed by atoms with van der Waals surface area (Å²) >= 11 is 0. The van der Waals surface area contributed by atoms with Crippen LogP contribution < -0.4 is 30.2 Å². The van der Waals surface area contributed by atoms with Crippen molar-refractivity contribution in [3.05, 3.63) is 121 Å². The number of rotatable bonds is 16. The van der Waals surface area contributed by atoms with Crippen LogP contribution in [0.4, 0.5) is 0 Å². The van der Waals surface area contributed by atoms with Crippen LogP contribution in [0.1, 0.15) is 33.6 Å². The highest BCUT2D eigenvalue weighted by Gasteiger charge is 2.38. The molecule has 0 unspecified atom stereocenters. The second kappa shape index (κ2) is 17.1. The van der Waals surface area contributed by atoms with Crippen LogP contribution in [0.25, 0.3) is 11.1 Å². The van der Waals surface area contributed by atoms with Gasteiger partial charge in [-0.2, -0.15) is 0 Å². The minimum Gasteiger partial charge on any atom is -0.463 e. The number of benzene rings is 4. The molecule has 0 saturated carbocycles. The van der Waals surface area contributed by atoms with E-state index in [9.17, 15) is 19.2 Å². The number of ether oxygens (including phenoxy) is 4. The number of hydrogen-bond acceptors (Lipinski definition) is 8.